The number of amides is 2. The Kier molecular flexibility index (Phi) is 4.83. The van der Waals surface area contributed by atoms with E-state index in [0.717, 1.165) is 43.0 Å². The molecule has 0 saturated carbocycles. The molecule has 1 N–H and O–H groups in total. The normalized spacial score (nSPS) is 17.5. The van der Waals surface area contributed by atoms with Crippen LogP contribution in [0.15, 0.2) is 12.4 Å². The van der Waals surface area contributed by atoms with Crippen molar-refractivity contribution in [1.29, 1.82) is 0 Å². The maximum absolute atomic E-state index is 12.7. The highest BCUT2D eigenvalue weighted by molar-refractivity contribution is 5.90. The van der Waals surface area contributed by atoms with Crippen molar-refractivity contribution < 1.29 is 4.79 Å². The molecule has 0 aromatic carbocycles. The van der Waals surface area contributed by atoms with Gasteiger partial charge in [-0.1, -0.05) is 0 Å². The Bertz CT molecular complexity index is 760. The summed E-state index contributed by atoms with van der Waals surface area (Å²) >= 11 is 0. The first-order valence-electron chi connectivity index (χ1n) is 8.94. The van der Waals surface area contributed by atoms with Gasteiger partial charge in [0.05, 0.1) is 23.3 Å². The van der Waals surface area contributed by atoms with E-state index in [1.807, 2.05) is 41.4 Å². The molecule has 1 aliphatic heterocycles. The highest BCUT2D eigenvalue weighted by Gasteiger charge is 2.27. The van der Waals surface area contributed by atoms with E-state index in [2.05, 4.69) is 35.6 Å². The number of nitrogens with zero attached hydrogens (tertiary/aromatic N) is 5. The number of carbonyl (C=O) groups is 1. The fourth-order valence-corrected chi connectivity index (χ4v) is 3.63. The number of aryl methyl sites for hydroxylation is 2. The second kappa shape index (κ2) is 6.90. The van der Waals surface area contributed by atoms with Crippen LogP contribution in [-0.2, 0) is 13.5 Å². The van der Waals surface area contributed by atoms with E-state index in [-0.39, 0.29) is 12.1 Å². The van der Waals surface area contributed by atoms with E-state index < -0.39 is 0 Å². The van der Waals surface area contributed by atoms with Crippen LogP contribution in [0, 0.1) is 19.8 Å². The summed E-state index contributed by atoms with van der Waals surface area (Å²) in [5.41, 5.74) is 3.95. The highest BCUT2D eigenvalue weighted by atomic mass is 16.2. The van der Waals surface area contributed by atoms with E-state index in [1.54, 1.807) is 0 Å². The quantitative estimate of drug-likeness (QED) is 0.927. The molecule has 1 fully saturated rings. The number of anilines is 1. The van der Waals surface area contributed by atoms with Crippen LogP contribution in [-0.4, -0.2) is 43.6 Å². The molecule has 136 valence electrons. The topological polar surface area (TPSA) is 68.0 Å². The molecule has 1 saturated heterocycles. The molecular weight excluding hydrogens is 316 g/mol. The molecule has 7 nitrogen and oxygen atoms in total. The lowest BCUT2D eigenvalue weighted by atomic mass is 10.0. The van der Waals surface area contributed by atoms with Crippen molar-refractivity contribution >= 4 is 11.7 Å². The van der Waals surface area contributed by atoms with Crippen molar-refractivity contribution in [3.8, 4) is 0 Å². The van der Waals surface area contributed by atoms with Crippen LogP contribution >= 0.6 is 0 Å². The van der Waals surface area contributed by atoms with Gasteiger partial charge in [0.15, 0.2) is 0 Å². The van der Waals surface area contributed by atoms with Gasteiger partial charge in [0.25, 0.3) is 0 Å². The molecule has 2 aromatic heterocycles. The van der Waals surface area contributed by atoms with Gasteiger partial charge in [-0.3, -0.25) is 9.36 Å². The van der Waals surface area contributed by atoms with Crippen molar-refractivity contribution in [3.05, 3.63) is 29.3 Å². The summed E-state index contributed by atoms with van der Waals surface area (Å²) in [6, 6.07) is 0.253. The Morgan fingerprint density at radius 3 is 2.76 bits per heavy atom. The lowest BCUT2D eigenvalue weighted by Crippen LogP contribution is -2.33. The molecule has 0 unspecified atom stereocenters. The lowest BCUT2D eigenvalue weighted by molar-refractivity contribution is 0.220. The van der Waals surface area contributed by atoms with Crippen molar-refractivity contribution in [2.75, 3.05) is 18.4 Å². The van der Waals surface area contributed by atoms with Crippen molar-refractivity contribution in [2.45, 2.75) is 46.6 Å². The van der Waals surface area contributed by atoms with Crippen LogP contribution in [0.2, 0.25) is 0 Å². The fraction of sp³-hybridized carbons (Fsp3) is 0.611. The largest absolute Gasteiger partial charge is 0.324 e. The standard InChI is InChI=1S/C18H28N6O/c1-12(2)24-14(4)17(13(3)21-24)20-18(25)23-7-6-15(11-23)8-16-9-19-22(5)10-16/h9-10,12,15H,6-8,11H2,1-5H3,(H,20,25)/t15-/m0/s1. The number of rotatable bonds is 4. The van der Waals surface area contributed by atoms with Crippen molar-refractivity contribution in [3.63, 3.8) is 0 Å². The lowest BCUT2D eigenvalue weighted by Gasteiger charge is -2.18. The van der Waals surface area contributed by atoms with E-state index in [9.17, 15) is 4.79 Å². The molecule has 1 atom stereocenters. The molecule has 3 rings (SSSR count). The van der Waals surface area contributed by atoms with Crippen LogP contribution in [0.5, 0.6) is 0 Å². The van der Waals surface area contributed by atoms with Gasteiger partial charge >= 0.3 is 6.03 Å². The Morgan fingerprint density at radius 2 is 2.16 bits per heavy atom. The van der Waals surface area contributed by atoms with Crippen molar-refractivity contribution in [1.82, 2.24) is 24.5 Å². The highest BCUT2D eigenvalue weighted by Crippen LogP contribution is 2.25. The first-order chi connectivity index (χ1) is 11.8. The molecular formula is C18H28N6O. The summed E-state index contributed by atoms with van der Waals surface area (Å²) in [7, 11) is 1.93. The summed E-state index contributed by atoms with van der Waals surface area (Å²) in [6.07, 6.45) is 5.97. The average molecular weight is 344 g/mol. The van der Waals surface area contributed by atoms with Crippen molar-refractivity contribution in [2.24, 2.45) is 13.0 Å². The summed E-state index contributed by atoms with van der Waals surface area (Å²) in [5.74, 6) is 0.496. The monoisotopic (exact) mass is 344 g/mol. The van der Waals surface area contributed by atoms with Crippen LogP contribution in [0.25, 0.3) is 0 Å². The zero-order valence-corrected chi connectivity index (χ0v) is 15.8. The number of hydrogen-bond acceptors (Lipinski definition) is 3. The Balaban J connectivity index is 1.61. The second-order valence-corrected chi connectivity index (χ2v) is 7.34. The van der Waals surface area contributed by atoms with Crippen LogP contribution in [0.3, 0.4) is 0 Å². The molecule has 1 aliphatic rings. The maximum atomic E-state index is 12.7. The predicted molar refractivity (Wildman–Crippen MR) is 97.7 cm³/mol. The summed E-state index contributed by atoms with van der Waals surface area (Å²) in [4.78, 5) is 14.6. The minimum absolute atomic E-state index is 0.0248. The molecule has 25 heavy (non-hydrogen) atoms. The maximum Gasteiger partial charge on any atom is 0.321 e. The first-order valence-corrected chi connectivity index (χ1v) is 8.94. The third-order valence-corrected chi connectivity index (χ3v) is 4.90. The molecule has 7 heteroatoms. The molecule has 2 aromatic rings. The zero-order chi connectivity index (χ0) is 18.1. The van der Waals surface area contributed by atoms with Gasteiger partial charge in [0, 0.05) is 32.4 Å². The number of urea groups is 1. The van der Waals surface area contributed by atoms with Gasteiger partial charge < -0.3 is 10.2 Å². The van der Waals surface area contributed by atoms with Gasteiger partial charge in [0.1, 0.15) is 0 Å². The third kappa shape index (κ3) is 3.70. The fourth-order valence-electron chi connectivity index (χ4n) is 3.63. The van der Waals surface area contributed by atoms with Crippen LogP contribution in [0.1, 0.15) is 43.3 Å². The van der Waals surface area contributed by atoms with Gasteiger partial charge in [-0.2, -0.15) is 10.2 Å². The molecule has 0 radical (unpaired) electrons. The van der Waals surface area contributed by atoms with E-state index in [1.165, 1.54) is 5.56 Å². The average Bonchev–Trinajstić information content (AvgIpc) is 3.24. The number of nitrogens with one attached hydrogen (secondary N) is 1. The molecule has 2 amide bonds. The minimum atomic E-state index is -0.0248. The van der Waals surface area contributed by atoms with E-state index in [0.29, 0.717) is 5.92 Å². The Morgan fingerprint density at radius 1 is 1.40 bits per heavy atom. The molecule has 3 heterocycles. The zero-order valence-electron chi connectivity index (χ0n) is 15.8. The first kappa shape index (κ1) is 17.5. The van der Waals surface area contributed by atoms with Gasteiger partial charge in [-0.15, -0.1) is 0 Å². The number of carbonyl (C=O) groups excluding carboxylic acids is 1. The minimum Gasteiger partial charge on any atom is -0.324 e. The van der Waals surface area contributed by atoms with Gasteiger partial charge in [-0.25, -0.2) is 4.79 Å². The molecule has 0 aliphatic carbocycles. The third-order valence-electron chi connectivity index (χ3n) is 4.90. The SMILES string of the molecule is Cc1nn(C(C)C)c(C)c1NC(=O)N1CC[C@@H](Cc2cnn(C)c2)C1. The van der Waals surface area contributed by atoms with Crippen LogP contribution in [0.4, 0.5) is 10.5 Å². The molecule has 0 bridgehead atoms. The number of hydrogen-bond donors (Lipinski definition) is 1. The number of likely N-dealkylation sites (tertiary alicyclic amines) is 1. The number of aromatic nitrogens is 4. The van der Waals surface area contributed by atoms with Gasteiger partial charge in [0.2, 0.25) is 0 Å². The molecule has 0 spiro atoms. The summed E-state index contributed by atoms with van der Waals surface area (Å²) in [5, 5.41) is 11.8. The summed E-state index contributed by atoms with van der Waals surface area (Å²) < 4.78 is 3.78. The second-order valence-electron chi connectivity index (χ2n) is 7.34. The Labute approximate surface area is 149 Å². The van der Waals surface area contributed by atoms with Crippen LogP contribution < -0.4 is 5.32 Å². The van der Waals surface area contributed by atoms with E-state index >= 15 is 0 Å². The Hall–Kier alpha value is -2.31. The summed E-state index contributed by atoms with van der Waals surface area (Å²) in [6.45, 7) is 9.72. The predicted octanol–water partition coefficient (Wildman–Crippen LogP) is 2.91. The smallest absolute Gasteiger partial charge is 0.321 e. The van der Waals surface area contributed by atoms with E-state index in [4.69, 9.17) is 0 Å². The van der Waals surface area contributed by atoms with Gasteiger partial charge in [-0.05, 0) is 52.0 Å².